The zero-order chi connectivity index (χ0) is 15.3. The standard InChI is InChI=1S/C7H15NOS.C3H6O2.CH3NOS/c1-4-8(5-2)7(10)9-6-3;4-1-3-2-5-3;2-1(3)4/h4-6H2,1-3H3;3-4H,1-2H2;(H3,2,3,4). The van der Waals surface area contributed by atoms with Crippen molar-refractivity contribution in [3.63, 3.8) is 0 Å². The molecular weight excluding hydrogens is 288 g/mol. The van der Waals surface area contributed by atoms with Crippen molar-refractivity contribution >= 4 is 35.3 Å². The van der Waals surface area contributed by atoms with Gasteiger partial charge in [0.2, 0.25) is 0 Å². The van der Waals surface area contributed by atoms with Crippen LogP contribution in [-0.4, -0.2) is 59.4 Å². The highest BCUT2D eigenvalue weighted by Crippen LogP contribution is 2.04. The van der Waals surface area contributed by atoms with Crippen LogP contribution in [0.3, 0.4) is 0 Å². The van der Waals surface area contributed by atoms with Gasteiger partial charge in [0.05, 0.1) is 19.8 Å². The summed E-state index contributed by atoms with van der Waals surface area (Å²) in [5.41, 5.74) is 4.34. The van der Waals surface area contributed by atoms with Crippen molar-refractivity contribution in [2.75, 3.05) is 32.9 Å². The average Bonchev–Trinajstić information content (AvgIpc) is 3.14. The van der Waals surface area contributed by atoms with Crippen LogP contribution in [0.15, 0.2) is 0 Å². The van der Waals surface area contributed by atoms with E-state index in [1.165, 1.54) is 0 Å². The Balaban J connectivity index is 0. The second kappa shape index (κ2) is 13.9. The summed E-state index contributed by atoms with van der Waals surface area (Å²) in [6.45, 7) is 9.54. The quantitative estimate of drug-likeness (QED) is 0.408. The number of aliphatic hydroxyl groups excluding tert-OH is 1. The van der Waals surface area contributed by atoms with Crippen LogP contribution >= 0.6 is 24.8 Å². The van der Waals surface area contributed by atoms with Gasteiger partial charge in [-0.15, -0.1) is 0 Å². The van der Waals surface area contributed by atoms with Crippen molar-refractivity contribution in [1.82, 2.24) is 4.90 Å². The van der Waals surface area contributed by atoms with Crippen molar-refractivity contribution in [3.05, 3.63) is 0 Å². The number of nitrogens with two attached hydrogens (primary N) is 1. The molecule has 0 aromatic rings. The number of hydrogen-bond acceptors (Lipinski definition) is 5. The number of nitrogens with zero attached hydrogens (tertiary/aromatic N) is 1. The minimum absolute atomic E-state index is 0.190. The summed E-state index contributed by atoms with van der Waals surface area (Å²) in [5.74, 6) is 0. The summed E-state index contributed by atoms with van der Waals surface area (Å²) in [6, 6.07) is 0. The number of aliphatic hydroxyl groups is 1. The minimum Gasteiger partial charge on any atom is -0.471 e. The molecule has 1 aliphatic rings. The number of rotatable bonds is 4. The number of thiocarbonyl (C=S) groups is 1. The number of ether oxygens (including phenoxy) is 2. The Labute approximate surface area is 125 Å². The smallest absolute Gasteiger partial charge is 0.273 e. The number of amides is 1. The molecular formula is C11H24N2O4S2. The van der Waals surface area contributed by atoms with Gasteiger partial charge < -0.3 is 25.2 Å². The van der Waals surface area contributed by atoms with E-state index >= 15 is 0 Å². The third-order valence-corrected chi connectivity index (χ3v) is 2.27. The molecule has 0 aromatic heterocycles. The van der Waals surface area contributed by atoms with Crippen molar-refractivity contribution in [2.24, 2.45) is 5.73 Å². The molecule has 1 fully saturated rings. The van der Waals surface area contributed by atoms with Gasteiger partial charge in [-0.3, -0.25) is 4.79 Å². The molecule has 0 saturated carbocycles. The molecule has 1 heterocycles. The molecule has 1 atom stereocenters. The molecule has 1 rings (SSSR count). The average molecular weight is 312 g/mol. The van der Waals surface area contributed by atoms with E-state index in [0.717, 1.165) is 19.7 Å². The van der Waals surface area contributed by atoms with E-state index in [4.69, 9.17) is 26.9 Å². The molecule has 19 heavy (non-hydrogen) atoms. The summed E-state index contributed by atoms with van der Waals surface area (Å²) in [7, 11) is 0. The number of primary amides is 1. The zero-order valence-corrected chi connectivity index (χ0v) is 13.4. The molecule has 8 heteroatoms. The predicted octanol–water partition coefficient (Wildman–Crippen LogP) is 1.02. The van der Waals surface area contributed by atoms with Crippen LogP contribution in [-0.2, 0) is 9.47 Å². The Morgan fingerprint density at radius 2 is 1.95 bits per heavy atom. The third kappa shape index (κ3) is 17.4. The SMILES string of the molecule is CCOC(=S)N(CC)CC.NC(=O)S.OCC1CO1. The van der Waals surface area contributed by atoms with Crippen molar-refractivity contribution in [2.45, 2.75) is 26.9 Å². The van der Waals surface area contributed by atoms with Gasteiger partial charge in [0, 0.05) is 13.1 Å². The highest BCUT2D eigenvalue weighted by molar-refractivity contribution is 7.96. The van der Waals surface area contributed by atoms with Crippen LogP contribution in [0.1, 0.15) is 20.8 Å². The van der Waals surface area contributed by atoms with Gasteiger partial charge in [-0.05, 0) is 33.0 Å². The summed E-state index contributed by atoms with van der Waals surface area (Å²) in [6.07, 6.45) is 0.190. The Morgan fingerprint density at radius 3 is 2.11 bits per heavy atom. The monoisotopic (exact) mass is 312 g/mol. The lowest BCUT2D eigenvalue weighted by molar-refractivity contribution is 0.244. The Kier molecular flexibility index (Phi) is 15.1. The first-order chi connectivity index (χ1) is 8.92. The summed E-state index contributed by atoms with van der Waals surface area (Å²) < 4.78 is 9.75. The van der Waals surface area contributed by atoms with Crippen LogP contribution in [0.4, 0.5) is 4.79 Å². The number of carbonyl (C=O) groups excluding carboxylic acids is 1. The van der Waals surface area contributed by atoms with Crippen molar-refractivity contribution in [3.8, 4) is 0 Å². The van der Waals surface area contributed by atoms with Crippen LogP contribution in [0, 0.1) is 0 Å². The second-order valence-electron chi connectivity index (χ2n) is 3.35. The van der Waals surface area contributed by atoms with Crippen LogP contribution in [0.5, 0.6) is 0 Å². The summed E-state index contributed by atoms with van der Waals surface area (Å²) in [5, 5.41) is 8.06. The van der Waals surface area contributed by atoms with Gasteiger partial charge in [-0.25, -0.2) is 0 Å². The van der Waals surface area contributed by atoms with E-state index in [2.05, 4.69) is 36.9 Å². The normalized spacial score (nSPS) is 15.1. The molecule has 1 unspecified atom stereocenters. The van der Waals surface area contributed by atoms with Gasteiger partial charge in [0.25, 0.3) is 10.4 Å². The first-order valence-electron chi connectivity index (χ1n) is 6.05. The van der Waals surface area contributed by atoms with E-state index in [9.17, 15) is 0 Å². The highest BCUT2D eigenvalue weighted by atomic mass is 32.1. The van der Waals surface area contributed by atoms with E-state index in [-0.39, 0.29) is 12.7 Å². The molecule has 0 aliphatic carbocycles. The van der Waals surface area contributed by atoms with Crippen LogP contribution in [0.25, 0.3) is 0 Å². The molecule has 1 saturated heterocycles. The lowest BCUT2D eigenvalue weighted by Gasteiger charge is -2.20. The van der Waals surface area contributed by atoms with Crippen LogP contribution in [0.2, 0.25) is 0 Å². The molecule has 0 bridgehead atoms. The van der Waals surface area contributed by atoms with Gasteiger partial charge in [-0.1, -0.05) is 12.6 Å². The molecule has 0 radical (unpaired) electrons. The second-order valence-corrected chi connectivity index (χ2v) is 4.14. The first-order valence-corrected chi connectivity index (χ1v) is 6.90. The van der Waals surface area contributed by atoms with E-state index in [0.29, 0.717) is 11.8 Å². The first kappa shape index (κ1) is 20.7. The summed E-state index contributed by atoms with van der Waals surface area (Å²) >= 11 is 8.08. The topological polar surface area (TPSA) is 88.3 Å². The summed E-state index contributed by atoms with van der Waals surface area (Å²) in [4.78, 5) is 11.1. The van der Waals surface area contributed by atoms with Crippen molar-refractivity contribution in [1.29, 1.82) is 0 Å². The molecule has 6 nitrogen and oxygen atoms in total. The van der Waals surface area contributed by atoms with E-state index in [1.807, 2.05) is 11.8 Å². The lowest BCUT2D eigenvalue weighted by atomic mass is 10.5. The Morgan fingerprint density at radius 1 is 1.53 bits per heavy atom. The predicted molar refractivity (Wildman–Crippen MR) is 82.5 cm³/mol. The maximum atomic E-state index is 9.09. The Hall–Kier alpha value is -0.570. The molecule has 1 amide bonds. The number of carbonyl (C=O) groups is 1. The molecule has 0 aromatic carbocycles. The molecule has 114 valence electrons. The fourth-order valence-corrected chi connectivity index (χ4v) is 1.25. The van der Waals surface area contributed by atoms with E-state index < -0.39 is 5.24 Å². The highest BCUT2D eigenvalue weighted by Gasteiger charge is 2.19. The fraction of sp³-hybridized carbons (Fsp3) is 0.818. The largest absolute Gasteiger partial charge is 0.471 e. The number of epoxide rings is 1. The maximum Gasteiger partial charge on any atom is 0.273 e. The van der Waals surface area contributed by atoms with Gasteiger partial charge >= 0.3 is 0 Å². The molecule has 0 spiro atoms. The van der Waals surface area contributed by atoms with E-state index in [1.54, 1.807) is 0 Å². The van der Waals surface area contributed by atoms with Crippen molar-refractivity contribution < 1.29 is 19.4 Å². The third-order valence-electron chi connectivity index (χ3n) is 1.90. The number of thiol groups is 1. The van der Waals surface area contributed by atoms with Gasteiger partial charge in [0.1, 0.15) is 6.10 Å². The Bertz CT molecular complexity index is 243. The number of hydrogen-bond donors (Lipinski definition) is 3. The lowest BCUT2D eigenvalue weighted by Crippen LogP contribution is -2.30. The minimum atomic E-state index is -0.639. The fourth-order valence-electron chi connectivity index (χ4n) is 0.870. The van der Waals surface area contributed by atoms with Gasteiger partial charge in [0.15, 0.2) is 0 Å². The molecule has 3 N–H and O–H groups in total. The maximum absolute atomic E-state index is 9.09. The van der Waals surface area contributed by atoms with Gasteiger partial charge in [-0.2, -0.15) is 0 Å². The van der Waals surface area contributed by atoms with Crippen LogP contribution < -0.4 is 5.73 Å². The zero-order valence-electron chi connectivity index (χ0n) is 11.7. The molecule has 1 aliphatic heterocycles.